The van der Waals surface area contributed by atoms with E-state index in [-0.39, 0.29) is 17.9 Å². The van der Waals surface area contributed by atoms with Crippen LogP contribution < -0.4 is 5.32 Å². The van der Waals surface area contributed by atoms with Crippen molar-refractivity contribution < 1.29 is 9.59 Å². The fraction of sp³-hybridized carbons (Fsp3) is 0.579. The third-order valence-corrected chi connectivity index (χ3v) is 5.20. The number of amides is 2. The molecule has 1 atom stereocenters. The van der Waals surface area contributed by atoms with E-state index >= 15 is 0 Å². The number of aryl methyl sites for hydroxylation is 2. The Kier molecular flexibility index (Phi) is 5.07. The molecule has 0 unspecified atom stereocenters. The molecule has 0 aliphatic carbocycles. The molecular weight excluding hydrogens is 302 g/mol. The zero-order valence-electron chi connectivity index (χ0n) is 14.7. The molecule has 3 rings (SSSR count). The van der Waals surface area contributed by atoms with E-state index < -0.39 is 0 Å². The summed E-state index contributed by atoms with van der Waals surface area (Å²) in [6, 6.07) is 6.34. The third kappa shape index (κ3) is 3.55. The Morgan fingerprint density at radius 1 is 1.21 bits per heavy atom. The zero-order chi connectivity index (χ0) is 17.1. The van der Waals surface area contributed by atoms with Gasteiger partial charge in [-0.05, 0) is 44.2 Å². The highest BCUT2D eigenvalue weighted by molar-refractivity contribution is 5.82. The lowest BCUT2D eigenvalue weighted by atomic mass is 10.0. The predicted molar refractivity (Wildman–Crippen MR) is 95.0 cm³/mol. The number of nitrogens with zero attached hydrogens (tertiary/aromatic N) is 2. The largest absolute Gasteiger partial charge is 0.376 e. The smallest absolute Gasteiger partial charge is 0.241 e. The fourth-order valence-electron chi connectivity index (χ4n) is 3.86. The number of carbonyl (C=O) groups is 2. The van der Waals surface area contributed by atoms with Crippen LogP contribution in [0.3, 0.4) is 0 Å². The number of rotatable bonds is 4. The summed E-state index contributed by atoms with van der Waals surface area (Å²) in [4.78, 5) is 28.4. The van der Waals surface area contributed by atoms with E-state index in [1.165, 1.54) is 0 Å². The Morgan fingerprint density at radius 2 is 1.96 bits per heavy atom. The maximum atomic E-state index is 12.6. The van der Waals surface area contributed by atoms with Crippen molar-refractivity contribution in [2.24, 2.45) is 0 Å². The Balaban J connectivity index is 1.57. The second kappa shape index (κ2) is 7.24. The van der Waals surface area contributed by atoms with Crippen molar-refractivity contribution in [3.63, 3.8) is 0 Å². The summed E-state index contributed by atoms with van der Waals surface area (Å²) in [5.74, 6) is 0.372. The van der Waals surface area contributed by atoms with Gasteiger partial charge in [-0.1, -0.05) is 18.2 Å². The van der Waals surface area contributed by atoms with Gasteiger partial charge in [0.2, 0.25) is 11.8 Å². The third-order valence-electron chi connectivity index (χ3n) is 5.20. The monoisotopic (exact) mass is 329 g/mol. The van der Waals surface area contributed by atoms with E-state index in [0.717, 1.165) is 49.2 Å². The summed E-state index contributed by atoms with van der Waals surface area (Å²) in [6.45, 7) is 6.74. The molecule has 1 N–H and O–H groups in total. The van der Waals surface area contributed by atoms with Crippen LogP contribution in [0.5, 0.6) is 0 Å². The molecule has 0 saturated carbocycles. The average Bonchev–Trinajstić information content (AvgIpc) is 3.00. The summed E-state index contributed by atoms with van der Waals surface area (Å²) in [5.41, 5.74) is 3.36. The Bertz CT molecular complexity index is 609. The van der Waals surface area contributed by atoms with Gasteiger partial charge < -0.3 is 15.1 Å². The van der Waals surface area contributed by atoms with Crippen LogP contribution in [0, 0.1) is 13.8 Å². The first kappa shape index (κ1) is 16.8. The molecule has 0 aromatic heterocycles. The summed E-state index contributed by atoms with van der Waals surface area (Å²) < 4.78 is 0. The second-order valence-electron chi connectivity index (χ2n) is 6.95. The minimum absolute atomic E-state index is 0.119. The average molecular weight is 329 g/mol. The summed E-state index contributed by atoms with van der Waals surface area (Å²) >= 11 is 0. The number of para-hydroxylation sites is 1. The zero-order valence-corrected chi connectivity index (χ0v) is 14.7. The van der Waals surface area contributed by atoms with Crippen LogP contribution in [-0.4, -0.2) is 53.8 Å². The molecule has 2 aliphatic rings. The topological polar surface area (TPSA) is 52.7 Å². The molecule has 0 spiro atoms. The van der Waals surface area contributed by atoms with Crippen molar-refractivity contribution >= 4 is 17.5 Å². The Morgan fingerprint density at radius 3 is 2.62 bits per heavy atom. The molecule has 1 aromatic rings. The molecule has 1 aromatic carbocycles. The molecule has 5 heteroatoms. The molecule has 0 bridgehead atoms. The van der Waals surface area contributed by atoms with Gasteiger partial charge in [-0.25, -0.2) is 0 Å². The SMILES string of the molecule is Cc1cccc(C)c1NCC(=O)N1CCC[C@H](N2CCCC2=O)C1. The van der Waals surface area contributed by atoms with Crippen molar-refractivity contribution in [2.75, 3.05) is 31.5 Å². The highest BCUT2D eigenvalue weighted by Gasteiger charge is 2.32. The lowest BCUT2D eigenvalue weighted by Crippen LogP contribution is -2.51. The number of hydrogen-bond donors (Lipinski definition) is 1. The number of nitrogens with one attached hydrogen (secondary N) is 1. The molecule has 5 nitrogen and oxygen atoms in total. The first-order valence-corrected chi connectivity index (χ1v) is 8.93. The number of hydrogen-bond acceptors (Lipinski definition) is 3. The lowest BCUT2D eigenvalue weighted by molar-refractivity contribution is -0.136. The molecule has 2 aliphatic heterocycles. The number of carbonyl (C=O) groups excluding carboxylic acids is 2. The first-order chi connectivity index (χ1) is 11.6. The number of benzene rings is 1. The van der Waals surface area contributed by atoms with Crippen LogP contribution in [0.4, 0.5) is 5.69 Å². The van der Waals surface area contributed by atoms with E-state index in [0.29, 0.717) is 19.5 Å². The quantitative estimate of drug-likeness (QED) is 0.922. The molecule has 2 fully saturated rings. The van der Waals surface area contributed by atoms with Gasteiger partial charge >= 0.3 is 0 Å². The summed E-state index contributed by atoms with van der Waals surface area (Å²) in [5, 5.41) is 3.30. The maximum absolute atomic E-state index is 12.6. The van der Waals surface area contributed by atoms with Crippen molar-refractivity contribution in [3.8, 4) is 0 Å². The number of anilines is 1. The van der Waals surface area contributed by atoms with Gasteiger partial charge in [0.05, 0.1) is 6.54 Å². The van der Waals surface area contributed by atoms with Gasteiger partial charge in [0.1, 0.15) is 0 Å². The van der Waals surface area contributed by atoms with Crippen LogP contribution in [0.1, 0.15) is 36.8 Å². The minimum atomic E-state index is 0.119. The van der Waals surface area contributed by atoms with E-state index in [4.69, 9.17) is 0 Å². The fourth-order valence-corrected chi connectivity index (χ4v) is 3.86. The van der Waals surface area contributed by atoms with E-state index in [1.54, 1.807) is 0 Å². The molecule has 0 radical (unpaired) electrons. The van der Waals surface area contributed by atoms with Gasteiger partial charge in [0.15, 0.2) is 0 Å². The van der Waals surface area contributed by atoms with Crippen LogP contribution in [0.15, 0.2) is 18.2 Å². The number of likely N-dealkylation sites (tertiary alicyclic amines) is 2. The van der Waals surface area contributed by atoms with Crippen LogP contribution >= 0.6 is 0 Å². The number of piperidine rings is 1. The minimum Gasteiger partial charge on any atom is -0.376 e. The van der Waals surface area contributed by atoms with Crippen LogP contribution in [0.2, 0.25) is 0 Å². The highest BCUT2D eigenvalue weighted by Crippen LogP contribution is 2.22. The van der Waals surface area contributed by atoms with Crippen LogP contribution in [-0.2, 0) is 9.59 Å². The molecule has 2 heterocycles. The van der Waals surface area contributed by atoms with Gasteiger partial charge in [0.25, 0.3) is 0 Å². The highest BCUT2D eigenvalue weighted by atomic mass is 16.2. The normalized spacial score (nSPS) is 21.2. The van der Waals surface area contributed by atoms with Crippen molar-refractivity contribution in [2.45, 2.75) is 45.6 Å². The molecule has 2 amide bonds. The molecular formula is C19H27N3O2. The molecule has 2 saturated heterocycles. The van der Waals surface area contributed by atoms with Crippen molar-refractivity contribution in [1.29, 1.82) is 0 Å². The van der Waals surface area contributed by atoms with Crippen LogP contribution in [0.25, 0.3) is 0 Å². The van der Waals surface area contributed by atoms with E-state index in [2.05, 4.69) is 31.3 Å². The maximum Gasteiger partial charge on any atom is 0.241 e. The standard InChI is InChI=1S/C19H27N3O2/c1-14-6-3-7-15(2)19(14)20-12-18(24)21-10-4-8-16(13-21)22-11-5-9-17(22)23/h3,6-7,16,20H,4-5,8-13H2,1-2H3/t16-/m0/s1. The lowest BCUT2D eigenvalue weighted by Gasteiger charge is -2.37. The predicted octanol–water partition coefficient (Wildman–Crippen LogP) is 2.33. The van der Waals surface area contributed by atoms with Gasteiger partial charge in [-0.15, -0.1) is 0 Å². The van der Waals surface area contributed by atoms with Gasteiger partial charge in [-0.3, -0.25) is 9.59 Å². The van der Waals surface area contributed by atoms with Gasteiger partial charge in [-0.2, -0.15) is 0 Å². The van der Waals surface area contributed by atoms with E-state index in [9.17, 15) is 9.59 Å². The summed E-state index contributed by atoms with van der Waals surface area (Å²) in [7, 11) is 0. The second-order valence-corrected chi connectivity index (χ2v) is 6.95. The molecule has 24 heavy (non-hydrogen) atoms. The Labute approximate surface area is 144 Å². The van der Waals surface area contributed by atoms with Crippen molar-refractivity contribution in [3.05, 3.63) is 29.3 Å². The van der Waals surface area contributed by atoms with E-state index in [1.807, 2.05) is 15.9 Å². The Hall–Kier alpha value is -2.04. The van der Waals surface area contributed by atoms with Crippen molar-refractivity contribution in [1.82, 2.24) is 9.80 Å². The molecule has 130 valence electrons. The first-order valence-electron chi connectivity index (χ1n) is 8.93. The summed E-state index contributed by atoms with van der Waals surface area (Å²) in [6.07, 6.45) is 3.61. The van der Waals surface area contributed by atoms with Gasteiger partial charge in [0, 0.05) is 37.8 Å².